The Morgan fingerprint density at radius 1 is 0.737 bits per heavy atom. The summed E-state index contributed by atoms with van der Waals surface area (Å²) in [6.45, 7) is 4.18. The fraction of sp³-hybridized carbons (Fsp3) is 0.125. The van der Waals surface area contributed by atoms with Crippen molar-refractivity contribution in [3.8, 4) is 21.1 Å². The van der Waals surface area contributed by atoms with Gasteiger partial charge in [0.1, 0.15) is 10.0 Å². The minimum absolute atomic E-state index is 0.972. The van der Waals surface area contributed by atoms with Gasteiger partial charge in [-0.05, 0) is 26.0 Å². The van der Waals surface area contributed by atoms with Gasteiger partial charge in [-0.2, -0.15) is 0 Å². The summed E-state index contributed by atoms with van der Waals surface area (Å²) >= 11 is 1.63. The van der Waals surface area contributed by atoms with E-state index in [1.54, 1.807) is 11.3 Å². The molecule has 0 N–H and O–H groups in total. The first kappa shape index (κ1) is 12.1. The highest BCUT2D eigenvalue weighted by Gasteiger charge is 2.08. The molecule has 0 spiro atoms. The molecule has 19 heavy (non-hydrogen) atoms. The van der Waals surface area contributed by atoms with E-state index in [9.17, 15) is 0 Å². The SMILES string of the molecule is Cc1cccc(-c2nnc(-c3cccc(C)c3)s2)c1. The number of nitrogens with zero attached hydrogens (tertiary/aromatic N) is 2. The molecule has 3 heteroatoms. The predicted octanol–water partition coefficient (Wildman–Crippen LogP) is 4.49. The molecule has 0 aliphatic carbocycles. The fourth-order valence-corrected chi connectivity index (χ4v) is 2.85. The standard InChI is InChI=1S/C16H14N2S/c1-11-5-3-7-13(9-11)15-17-18-16(19-15)14-8-4-6-12(2)10-14/h3-10H,1-2H3. The molecule has 1 aromatic heterocycles. The number of aromatic nitrogens is 2. The third-order valence-corrected chi connectivity index (χ3v) is 3.98. The molecule has 1 heterocycles. The second-order valence-corrected chi connectivity index (χ2v) is 5.63. The van der Waals surface area contributed by atoms with Crippen molar-refractivity contribution in [2.24, 2.45) is 0 Å². The van der Waals surface area contributed by atoms with Crippen LogP contribution in [0.2, 0.25) is 0 Å². The van der Waals surface area contributed by atoms with E-state index in [4.69, 9.17) is 0 Å². The lowest BCUT2D eigenvalue weighted by atomic mass is 10.1. The number of rotatable bonds is 2. The van der Waals surface area contributed by atoms with Crippen LogP contribution in [0, 0.1) is 13.8 Å². The van der Waals surface area contributed by atoms with E-state index in [0.29, 0.717) is 0 Å². The molecule has 0 saturated heterocycles. The van der Waals surface area contributed by atoms with E-state index in [-0.39, 0.29) is 0 Å². The maximum absolute atomic E-state index is 4.30. The molecule has 3 aromatic rings. The molecule has 0 unspecified atom stereocenters. The first-order valence-electron chi connectivity index (χ1n) is 6.20. The fourth-order valence-electron chi connectivity index (χ4n) is 2.01. The quantitative estimate of drug-likeness (QED) is 0.683. The summed E-state index contributed by atoms with van der Waals surface area (Å²) in [5.41, 5.74) is 4.75. The third-order valence-electron chi connectivity index (χ3n) is 2.96. The van der Waals surface area contributed by atoms with E-state index in [1.807, 2.05) is 0 Å². The Kier molecular flexibility index (Phi) is 3.13. The van der Waals surface area contributed by atoms with Crippen LogP contribution in [-0.2, 0) is 0 Å². The molecule has 0 amide bonds. The number of hydrogen-bond acceptors (Lipinski definition) is 3. The highest BCUT2D eigenvalue weighted by molar-refractivity contribution is 7.17. The molecular weight excluding hydrogens is 252 g/mol. The Bertz CT molecular complexity index is 656. The first-order chi connectivity index (χ1) is 9.22. The topological polar surface area (TPSA) is 25.8 Å². The van der Waals surface area contributed by atoms with E-state index < -0.39 is 0 Å². The molecular formula is C16H14N2S. The highest BCUT2D eigenvalue weighted by Crippen LogP contribution is 2.30. The molecule has 0 atom stereocenters. The second-order valence-electron chi connectivity index (χ2n) is 4.65. The van der Waals surface area contributed by atoms with Crippen LogP contribution in [0.4, 0.5) is 0 Å². The summed E-state index contributed by atoms with van der Waals surface area (Å²) in [7, 11) is 0. The van der Waals surface area contributed by atoms with Crippen LogP contribution in [0.1, 0.15) is 11.1 Å². The van der Waals surface area contributed by atoms with Crippen LogP contribution in [0.25, 0.3) is 21.1 Å². The van der Waals surface area contributed by atoms with Gasteiger partial charge in [0.25, 0.3) is 0 Å². The van der Waals surface area contributed by atoms with Crippen LogP contribution in [0.3, 0.4) is 0 Å². The maximum Gasteiger partial charge on any atom is 0.148 e. The van der Waals surface area contributed by atoms with E-state index in [1.165, 1.54) is 11.1 Å². The van der Waals surface area contributed by atoms with Crippen molar-refractivity contribution in [1.82, 2.24) is 10.2 Å². The van der Waals surface area contributed by atoms with Crippen molar-refractivity contribution < 1.29 is 0 Å². The predicted molar refractivity (Wildman–Crippen MR) is 80.3 cm³/mol. The Labute approximate surface area is 116 Å². The molecule has 2 nitrogen and oxygen atoms in total. The van der Waals surface area contributed by atoms with Gasteiger partial charge in [0, 0.05) is 11.1 Å². The smallest absolute Gasteiger partial charge is 0.138 e. The van der Waals surface area contributed by atoms with Gasteiger partial charge in [-0.3, -0.25) is 0 Å². The Morgan fingerprint density at radius 3 is 1.63 bits per heavy atom. The minimum Gasteiger partial charge on any atom is -0.138 e. The normalized spacial score (nSPS) is 10.6. The lowest BCUT2D eigenvalue weighted by molar-refractivity contribution is 1.10. The van der Waals surface area contributed by atoms with Crippen molar-refractivity contribution in [3.63, 3.8) is 0 Å². The van der Waals surface area contributed by atoms with Gasteiger partial charge in [0.2, 0.25) is 0 Å². The average molecular weight is 266 g/mol. The zero-order valence-corrected chi connectivity index (χ0v) is 11.7. The van der Waals surface area contributed by atoms with Gasteiger partial charge >= 0.3 is 0 Å². The minimum atomic E-state index is 0.972. The van der Waals surface area contributed by atoms with E-state index in [0.717, 1.165) is 21.1 Å². The second kappa shape index (κ2) is 4.94. The van der Waals surface area contributed by atoms with Crippen molar-refractivity contribution in [2.75, 3.05) is 0 Å². The Balaban J connectivity index is 2.00. The Morgan fingerprint density at radius 2 is 1.21 bits per heavy atom. The molecule has 0 fully saturated rings. The molecule has 0 radical (unpaired) electrons. The summed E-state index contributed by atoms with van der Waals surface area (Å²) in [5.74, 6) is 0. The first-order valence-corrected chi connectivity index (χ1v) is 7.01. The maximum atomic E-state index is 4.30. The third kappa shape index (κ3) is 2.56. The largest absolute Gasteiger partial charge is 0.148 e. The van der Waals surface area contributed by atoms with Crippen LogP contribution in [0.5, 0.6) is 0 Å². The zero-order valence-electron chi connectivity index (χ0n) is 10.9. The van der Waals surface area contributed by atoms with Crippen molar-refractivity contribution in [2.45, 2.75) is 13.8 Å². The summed E-state index contributed by atoms with van der Waals surface area (Å²) in [6.07, 6.45) is 0. The van der Waals surface area contributed by atoms with Crippen LogP contribution >= 0.6 is 11.3 Å². The average Bonchev–Trinajstić information content (AvgIpc) is 2.88. The van der Waals surface area contributed by atoms with Crippen molar-refractivity contribution in [3.05, 3.63) is 59.7 Å². The summed E-state index contributed by atoms with van der Waals surface area (Å²) < 4.78 is 0. The molecule has 0 bridgehead atoms. The van der Waals surface area contributed by atoms with Crippen LogP contribution in [0.15, 0.2) is 48.5 Å². The lowest BCUT2D eigenvalue weighted by Crippen LogP contribution is -1.79. The molecule has 3 rings (SSSR count). The van der Waals surface area contributed by atoms with E-state index in [2.05, 4.69) is 72.6 Å². The summed E-state index contributed by atoms with van der Waals surface area (Å²) in [6, 6.07) is 16.7. The number of benzene rings is 2. The van der Waals surface area contributed by atoms with Gasteiger partial charge in [-0.15, -0.1) is 10.2 Å². The lowest BCUT2D eigenvalue weighted by Gasteiger charge is -1.97. The highest BCUT2D eigenvalue weighted by atomic mass is 32.1. The molecule has 2 aromatic carbocycles. The van der Waals surface area contributed by atoms with E-state index >= 15 is 0 Å². The van der Waals surface area contributed by atoms with Crippen LogP contribution in [-0.4, -0.2) is 10.2 Å². The van der Waals surface area contributed by atoms with Gasteiger partial charge in [-0.1, -0.05) is 58.9 Å². The van der Waals surface area contributed by atoms with Gasteiger partial charge in [-0.25, -0.2) is 0 Å². The van der Waals surface area contributed by atoms with Crippen molar-refractivity contribution >= 4 is 11.3 Å². The van der Waals surface area contributed by atoms with Crippen molar-refractivity contribution in [1.29, 1.82) is 0 Å². The summed E-state index contributed by atoms with van der Waals surface area (Å²) in [4.78, 5) is 0. The van der Waals surface area contributed by atoms with Gasteiger partial charge < -0.3 is 0 Å². The molecule has 0 aliphatic rings. The number of hydrogen-bond donors (Lipinski definition) is 0. The molecule has 94 valence electrons. The zero-order chi connectivity index (χ0) is 13.2. The number of aryl methyl sites for hydroxylation is 2. The Hall–Kier alpha value is -2.00. The van der Waals surface area contributed by atoms with Gasteiger partial charge in [0.05, 0.1) is 0 Å². The van der Waals surface area contributed by atoms with Gasteiger partial charge in [0.15, 0.2) is 0 Å². The van der Waals surface area contributed by atoms with Crippen LogP contribution < -0.4 is 0 Å². The monoisotopic (exact) mass is 266 g/mol. The molecule has 0 aliphatic heterocycles. The molecule has 0 saturated carbocycles. The summed E-state index contributed by atoms with van der Waals surface area (Å²) in [5, 5.41) is 10.5.